The van der Waals surface area contributed by atoms with Crippen molar-refractivity contribution >= 4 is 28.9 Å². The Morgan fingerprint density at radius 2 is 1.64 bits per heavy atom. The van der Waals surface area contributed by atoms with Crippen LogP contribution < -0.4 is 11.0 Å². The Kier molecular flexibility index (Phi) is 2.68. The summed E-state index contributed by atoms with van der Waals surface area (Å²) in [5.41, 5.74) is 11.8. The van der Waals surface area contributed by atoms with Crippen LogP contribution in [0.2, 0.25) is 10.0 Å². The van der Waals surface area contributed by atoms with Gasteiger partial charge in [0.25, 0.3) is 0 Å². The first-order valence-corrected chi connectivity index (χ1v) is 3.49. The molecule has 0 fully saturated rings. The summed E-state index contributed by atoms with van der Waals surface area (Å²) >= 11 is 11.2. The fourth-order valence-electron chi connectivity index (χ4n) is 0.649. The van der Waals surface area contributed by atoms with Crippen LogP contribution >= 0.6 is 23.2 Å². The molecule has 0 atom stereocenters. The molecule has 0 heterocycles. The van der Waals surface area contributed by atoms with Gasteiger partial charge >= 0.3 is 0 Å². The van der Waals surface area contributed by atoms with Crippen LogP contribution in [0.25, 0.3) is 0 Å². The Labute approximate surface area is 73.8 Å². The van der Waals surface area contributed by atoms with E-state index in [1.807, 2.05) is 0 Å². The van der Waals surface area contributed by atoms with Crippen molar-refractivity contribution in [3.05, 3.63) is 28.2 Å². The van der Waals surface area contributed by atoms with Crippen molar-refractivity contribution in [1.82, 2.24) is 11.0 Å². The van der Waals surface area contributed by atoms with Crippen LogP contribution in [0.3, 0.4) is 0 Å². The van der Waals surface area contributed by atoms with Gasteiger partial charge in [-0.2, -0.15) is 0 Å². The average Bonchev–Trinajstić information content (AvgIpc) is 1.85. The van der Waals surface area contributed by atoms with Gasteiger partial charge in [-0.15, -0.1) is 5.43 Å². The molecule has 1 rings (SSSR count). The third-order valence-electron chi connectivity index (χ3n) is 1.01. The van der Waals surface area contributed by atoms with Crippen LogP contribution in [-0.4, -0.2) is 0 Å². The van der Waals surface area contributed by atoms with Crippen molar-refractivity contribution in [2.24, 2.45) is 5.22 Å². The highest BCUT2D eigenvalue weighted by atomic mass is 35.5. The summed E-state index contributed by atoms with van der Waals surface area (Å²) in [7, 11) is 0. The summed E-state index contributed by atoms with van der Waals surface area (Å²) in [5.74, 6) is 0. The van der Waals surface area contributed by atoms with Gasteiger partial charge in [0.1, 0.15) is 0 Å². The van der Waals surface area contributed by atoms with Crippen molar-refractivity contribution in [2.75, 3.05) is 0 Å². The van der Waals surface area contributed by atoms with Crippen LogP contribution in [0.1, 0.15) is 0 Å². The SMILES string of the molecule is [N]=N[N]c1cc(Cl)cc(Cl)c1. The van der Waals surface area contributed by atoms with Gasteiger partial charge < -0.3 is 0 Å². The van der Waals surface area contributed by atoms with Gasteiger partial charge in [-0.1, -0.05) is 23.2 Å². The van der Waals surface area contributed by atoms with E-state index in [0.29, 0.717) is 15.7 Å². The minimum atomic E-state index is 0.421. The number of rotatable bonds is 2. The number of hydrogen-bond acceptors (Lipinski definition) is 1. The molecule has 0 spiro atoms. The molecule has 0 saturated carbocycles. The molecule has 0 N–H and O–H groups in total. The van der Waals surface area contributed by atoms with Crippen molar-refractivity contribution in [3.63, 3.8) is 0 Å². The number of halogens is 2. The minimum Gasteiger partial charge on any atom is -0.129 e. The molecule has 0 unspecified atom stereocenters. The molecule has 0 aliphatic heterocycles. The Balaban J connectivity index is 2.98. The summed E-state index contributed by atoms with van der Waals surface area (Å²) in [5, 5.41) is 3.51. The van der Waals surface area contributed by atoms with Crippen molar-refractivity contribution < 1.29 is 0 Å². The van der Waals surface area contributed by atoms with Gasteiger partial charge in [0, 0.05) is 10.0 Å². The van der Waals surface area contributed by atoms with E-state index in [1.54, 1.807) is 6.07 Å². The highest BCUT2D eigenvalue weighted by Crippen LogP contribution is 2.22. The van der Waals surface area contributed by atoms with Gasteiger partial charge in [-0.3, -0.25) is 0 Å². The summed E-state index contributed by atoms with van der Waals surface area (Å²) in [6, 6.07) is 4.64. The maximum atomic E-state index is 8.07. The molecule has 0 saturated heterocycles. The zero-order chi connectivity index (χ0) is 8.27. The second-order valence-electron chi connectivity index (χ2n) is 1.82. The molecule has 5 heteroatoms. The first kappa shape index (κ1) is 8.30. The van der Waals surface area contributed by atoms with Crippen molar-refractivity contribution in [1.29, 1.82) is 0 Å². The molecule has 0 aliphatic carbocycles. The molecule has 2 radical (unpaired) electrons. The van der Waals surface area contributed by atoms with Crippen molar-refractivity contribution in [2.45, 2.75) is 0 Å². The molecule has 3 nitrogen and oxygen atoms in total. The fourth-order valence-corrected chi connectivity index (χ4v) is 1.16. The Morgan fingerprint density at radius 1 is 1.09 bits per heavy atom. The second-order valence-corrected chi connectivity index (χ2v) is 2.69. The van der Waals surface area contributed by atoms with Crippen LogP contribution in [0.4, 0.5) is 5.69 Å². The fraction of sp³-hybridized carbons (Fsp3) is 0. The molecule has 0 aliphatic rings. The maximum absolute atomic E-state index is 8.07. The molecule has 0 amide bonds. The van der Waals surface area contributed by atoms with Gasteiger partial charge in [-0.25, -0.2) is 0 Å². The van der Waals surface area contributed by atoms with Gasteiger partial charge in [-0.05, 0) is 29.0 Å². The van der Waals surface area contributed by atoms with Gasteiger partial charge in [0.05, 0.1) is 5.69 Å². The van der Waals surface area contributed by atoms with E-state index in [1.165, 1.54) is 12.1 Å². The third kappa shape index (κ3) is 2.37. The second kappa shape index (κ2) is 3.55. The van der Waals surface area contributed by atoms with E-state index in [2.05, 4.69) is 10.6 Å². The van der Waals surface area contributed by atoms with Crippen LogP contribution in [0, 0.1) is 0 Å². The first-order valence-electron chi connectivity index (χ1n) is 2.73. The number of benzene rings is 1. The zero-order valence-electron chi connectivity index (χ0n) is 5.33. The Hall–Kier alpha value is -0.800. The van der Waals surface area contributed by atoms with E-state index < -0.39 is 0 Å². The summed E-state index contributed by atoms with van der Waals surface area (Å²) < 4.78 is 0. The predicted molar refractivity (Wildman–Crippen MR) is 42.8 cm³/mol. The molecule has 11 heavy (non-hydrogen) atoms. The quantitative estimate of drug-likeness (QED) is 0.505. The molecule has 0 bridgehead atoms. The third-order valence-corrected chi connectivity index (χ3v) is 1.44. The monoisotopic (exact) mass is 187 g/mol. The van der Waals surface area contributed by atoms with Crippen LogP contribution in [-0.2, 0) is 0 Å². The zero-order valence-corrected chi connectivity index (χ0v) is 6.84. The Morgan fingerprint density at radius 3 is 2.09 bits per heavy atom. The smallest absolute Gasteiger partial charge is 0.0905 e. The highest BCUT2D eigenvalue weighted by molar-refractivity contribution is 6.35. The molecule has 1 aromatic carbocycles. The largest absolute Gasteiger partial charge is 0.129 e. The Bertz CT molecular complexity index is 254. The summed E-state index contributed by atoms with van der Waals surface area (Å²) in [4.78, 5) is 0. The van der Waals surface area contributed by atoms with Gasteiger partial charge in [0.15, 0.2) is 0 Å². The number of nitrogens with zero attached hydrogens (tertiary/aromatic N) is 3. The number of hydrogen-bond donors (Lipinski definition) is 0. The van der Waals surface area contributed by atoms with Gasteiger partial charge in [0.2, 0.25) is 0 Å². The van der Waals surface area contributed by atoms with E-state index in [4.69, 9.17) is 28.7 Å². The van der Waals surface area contributed by atoms with Crippen molar-refractivity contribution in [3.8, 4) is 0 Å². The van der Waals surface area contributed by atoms with Crippen LogP contribution in [0.15, 0.2) is 23.4 Å². The maximum Gasteiger partial charge on any atom is 0.0905 e. The van der Waals surface area contributed by atoms with E-state index in [9.17, 15) is 0 Å². The van der Waals surface area contributed by atoms with Crippen LogP contribution in [0.5, 0.6) is 0 Å². The van der Waals surface area contributed by atoms with E-state index >= 15 is 0 Å². The topological polar surface area (TPSA) is 48.8 Å². The molecular formula is C6H3Cl2N3. The van der Waals surface area contributed by atoms with E-state index in [-0.39, 0.29) is 0 Å². The molecule has 0 aromatic heterocycles. The standard InChI is InChI=1S/C6H3Cl2N3/c7-4-1-5(8)3-6(2-4)10-11-9/h1-3H. The highest BCUT2D eigenvalue weighted by Gasteiger charge is 1.97. The lowest BCUT2D eigenvalue weighted by Gasteiger charge is -1.95. The lowest BCUT2D eigenvalue weighted by molar-refractivity contribution is 0.878. The average molecular weight is 188 g/mol. The molecule has 1 aromatic rings. The molecule has 56 valence electrons. The normalized spacial score (nSPS) is 9.27. The van der Waals surface area contributed by atoms with E-state index in [0.717, 1.165) is 0 Å². The first-order chi connectivity index (χ1) is 5.22. The molecular weight excluding hydrogens is 185 g/mol. The lowest BCUT2D eigenvalue weighted by atomic mass is 10.3. The summed E-state index contributed by atoms with van der Waals surface area (Å²) in [6.07, 6.45) is 0. The summed E-state index contributed by atoms with van der Waals surface area (Å²) in [6.45, 7) is 0. The predicted octanol–water partition coefficient (Wildman–Crippen LogP) is 2.40. The minimum absolute atomic E-state index is 0.421. The lowest BCUT2D eigenvalue weighted by Crippen LogP contribution is -1.84.